The molecule has 2 N–H and O–H groups in total. The number of nitrogen functional groups attached to an aromatic ring is 1. The first-order valence-corrected chi connectivity index (χ1v) is 7.35. The molecule has 0 aliphatic heterocycles. The zero-order valence-corrected chi connectivity index (χ0v) is 11.6. The Morgan fingerprint density at radius 2 is 1.84 bits per heavy atom. The number of aromatic nitrogens is 3. The summed E-state index contributed by atoms with van der Waals surface area (Å²) in [5.41, 5.74) is 6.14. The van der Waals surface area contributed by atoms with Gasteiger partial charge in [0, 0.05) is 5.02 Å². The van der Waals surface area contributed by atoms with Gasteiger partial charge in [-0.15, -0.1) is 5.10 Å². The van der Waals surface area contributed by atoms with Crippen LogP contribution in [0.2, 0.25) is 5.02 Å². The molecule has 0 aliphatic rings. The van der Waals surface area contributed by atoms with Crippen LogP contribution in [-0.4, -0.2) is 23.6 Å². The van der Waals surface area contributed by atoms with Gasteiger partial charge in [-0.1, -0.05) is 11.6 Å². The number of anilines is 1. The number of rotatable bonds is 3. The topological polar surface area (TPSA) is 98.8 Å². The van der Waals surface area contributed by atoms with Gasteiger partial charge in [0.15, 0.2) is 9.84 Å². The lowest BCUT2D eigenvalue weighted by Gasteiger charge is -2.06. The summed E-state index contributed by atoms with van der Waals surface area (Å²) in [5.74, 6) is -0.327. The highest BCUT2D eigenvalue weighted by molar-refractivity contribution is 7.90. The van der Waals surface area contributed by atoms with Crippen LogP contribution in [0.25, 0.3) is 0 Å². The van der Waals surface area contributed by atoms with Crippen molar-refractivity contribution in [3.63, 3.8) is 0 Å². The van der Waals surface area contributed by atoms with Gasteiger partial charge in [0.05, 0.1) is 22.0 Å². The molecule has 0 atom stereocenters. The third kappa shape index (κ3) is 3.18. The summed E-state index contributed by atoms with van der Waals surface area (Å²) in [4.78, 5) is 4.07. The molecule has 2 aromatic rings. The monoisotopic (exact) mass is 298 g/mol. The van der Waals surface area contributed by atoms with Gasteiger partial charge in [0.2, 0.25) is 5.95 Å². The molecule has 19 heavy (non-hydrogen) atoms. The Morgan fingerprint density at radius 1 is 1.21 bits per heavy atom. The van der Waals surface area contributed by atoms with Crippen LogP contribution in [0.1, 0.15) is 11.4 Å². The molecule has 0 saturated carbocycles. The zero-order valence-electron chi connectivity index (χ0n) is 10.0. The van der Waals surface area contributed by atoms with E-state index in [4.69, 9.17) is 17.3 Å². The van der Waals surface area contributed by atoms with Crippen molar-refractivity contribution < 1.29 is 8.42 Å². The molecule has 0 unspecified atom stereocenters. The Hall–Kier alpha value is -1.73. The summed E-state index contributed by atoms with van der Waals surface area (Å²) in [6.45, 7) is 1.63. The second-order valence-corrected chi connectivity index (χ2v) is 6.34. The summed E-state index contributed by atoms with van der Waals surface area (Å²) < 4.78 is 24.4. The quantitative estimate of drug-likeness (QED) is 0.919. The van der Waals surface area contributed by atoms with Crippen molar-refractivity contribution >= 4 is 27.4 Å². The molecule has 100 valence electrons. The standard InChI is InChI=1S/C11H11ClN4O2S/c1-7-10(14-11(13)16-15-7)6-19(17,18)9-4-2-8(12)3-5-9/h2-5H,6H2,1H3,(H2,13,14,16). The first-order valence-electron chi connectivity index (χ1n) is 5.32. The van der Waals surface area contributed by atoms with Crippen LogP contribution in [0, 0.1) is 6.92 Å². The highest BCUT2D eigenvalue weighted by Crippen LogP contribution is 2.19. The molecule has 0 amide bonds. The predicted octanol–water partition coefficient (Wildman–Crippen LogP) is 1.39. The molecule has 0 aliphatic carbocycles. The molecule has 1 aromatic carbocycles. The maximum absolute atomic E-state index is 12.2. The lowest BCUT2D eigenvalue weighted by atomic mass is 10.4. The third-order valence-corrected chi connectivity index (χ3v) is 4.36. The number of sulfone groups is 1. The summed E-state index contributed by atoms with van der Waals surface area (Å²) >= 11 is 5.73. The molecule has 2 rings (SSSR count). The Bertz CT molecular complexity index is 701. The van der Waals surface area contributed by atoms with Crippen LogP contribution in [-0.2, 0) is 15.6 Å². The van der Waals surface area contributed by atoms with Crippen molar-refractivity contribution in [2.45, 2.75) is 17.6 Å². The number of benzene rings is 1. The summed E-state index contributed by atoms with van der Waals surface area (Å²) in [7, 11) is -3.51. The van der Waals surface area contributed by atoms with Gasteiger partial charge in [-0.3, -0.25) is 0 Å². The maximum Gasteiger partial charge on any atom is 0.240 e. The molecule has 6 nitrogen and oxygen atoms in total. The van der Waals surface area contributed by atoms with Crippen LogP contribution in [0.4, 0.5) is 5.95 Å². The molecule has 1 heterocycles. The van der Waals surface area contributed by atoms with Crippen LogP contribution < -0.4 is 5.73 Å². The first kappa shape index (κ1) is 13.7. The van der Waals surface area contributed by atoms with Gasteiger partial charge >= 0.3 is 0 Å². The van der Waals surface area contributed by atoms with Gasteiger partial charge in [0.25, 0.3) is 0 Å². The van der Waals surface area contributed by atoms with E-state index in [0.717, 1.165) is 0 Å². The molecule has 0 saturated heterocycles. The summed E-state index contributed by atoms with van der Waals surface area (Å²) in [6, 6.07) is 5.94. The van der Waals surface area contributed by atoms with Gasteiger partial charge in [-0.05, 0) is 31.2 Å². The highest BCUT2D eigenvalue weighted by atomic mass is 35.5. The molecule has 0 radical (unpaired) electrons. The normalized spacial score (nSPS) is 11.5. The number of aryl methyl sites for hydroxylation is 1. The average Bonchev–Trinajstić information content (AvgIpc) is 2.34. The van der Waals surface area contributed by atoms with Crippen LogP contribution in [0.3, 0.4) is 0 Å². The second-order valence-electron chi connectivity index (χ2n) is 3.92. The number of hydrogen-bond acceptors (Lipinski definition) is 6. The minimum Gasteiger partial charge on any atom is -0.366 e. The van der Waals surface area contributed by atoms with E-state index in [2.05, 4.69) is 15.2 Å². The van der Waals surface area contributed by atoms with Crippen LogP contribution >= 0.6 is 11.6 Å². The highest BCUT2D eigenvalue weighted by Gasteiger charge is 2.18. The third-order valence-electron chi connectivity index (χ3n) is 2.47. The largest absolute Gasteiger partial charge is 0.366 e. The fourth-order valence-electron chi connectivity index (χ4n) is 1.47. The maximum atomic E-state index is 12.2. The Labute approximate surface area is 115 Å². The van der Waals surface area contributed by atoms with Crippen molar-refractivity contribution in [2.75, 3.05) is 5.73 Å². The molecule has 1 aromatic heterocycles. The summed E-state index contributed by atoms with van der Waals surface area (Å²) in [6.07, 6.45) is 0. The lowest BCUT2D eigenvalue weighted by Crippen LogP contribution is -2.11. The number of halogens is 1. The van der Waals surface area contributed by atoms with Crippen LogP contribution in [0.5, 0.6) is 0 Å². The van der Waals surface area contributed by atoms with E-state index >= 15 is 0 Å². The average molecular weight is 299 g/mol. The molecular formula is C11H11ClN4O2S. The van der Waals surface area contributed by atoms with Crippen molar-refractivity contribution in [3.8, 4) is 0 Å². The number of hydrogen-bond donors (Lipinski definition) is 1. The minimum absolute atomic E-state index is 0.0492. The van der Waals surface area contributed by atoms with E-state index in [1.165, 1.54) is 24.3 Å². The fraction of sp³-hybridized carbons (Fsp3) is 0.182. The van der Waals surface area contributed by atoms with Gasteiger partial charge in [-0.25, -0.2) is 13.4 Å². The molecule has 0 fully saturated rings. The zero-order chi connectivity index (χ0) is 14.0. The van der Waals surface area contributed by atoms with E-state index in [0.29, 0.717) is 16.4 Å². The Morgan fingerprint density at radius 3 is 2.47 bits per heavy atom. The van der Waals surface area contributed by atoms with E-state index < -0.39 is 9.84 Å². The number of nitrogens with zero attached hydrogens (tertiary/aromatic N) is 3. The van der Waals surface area contributed by atoms with Gasteiger partial charge in [-0.2, -0.15) is 5.10 Å². The molecule has 0 spiro atoms. The minimum atomic E-state index is -3.51. The SMILES string of the molecule is Cc1nnc(N)nc1CS(=O)(=O)c1ccc(Cl)cc1. The van der Waals surface area contributed by atoms with Crippen LogP contribution in [0.15, 0.2) is 29.2 Å². The smallest absolute Gasteiger partial charge is 0.240 e. The second kappa shape index (κ2) is 5.10. The van der Waals surface area contributed by atoms with Crippen molar-refractivity contribution in [1.82, 2.24) is 15.2 Å². The first-order chi connectivity index (χ1) is 8.88. The lowest BCUT2D eigenvalue weighted by molar-refractivity contribution is 0.594. The van der Waals surface area contributed by atoms with Crippen molar-refractivity contribution in [2.24, 2.45) is 0 Å². The van der Waals surface area contributed by atoms with E-state index in [1.807, 2.05) is 0 Å². The van der Waals surface area contributed by atoms with E-state index in [1.54, 1.807) is 6.92 Å². The predicted molar refractivity (Wildman–Crippen MR) is 71.3 cm³/mol. The van der Waals surface area contributed by atoms with Crippen molar-refractivity contribution in [1.29, 1.82) is 0 Å². The number of nitrogens with two attached hydrogens (primary N) is 1. The molecular weight excluding hydrogens is 288 g/mol. The molecule has 0 bridgehead atoms. The van der Waals surface area contributed by atoms with Crippen molar-refractivity contribution in [3.05, 3.63) is 40.7 Å². The Kier molecular flexibility index (Phi) is 3.68. The van der Waals surface area contributed by atoms with E-state index in [9.17, 15) is 8.42 Å². The summed E-state index contributed by atoms with van der Waals surface area (Å²) in [5, 5.41) is 7.78. The fourth-order valence-corrected chi connectivity index (χ4v) is 2.94. The van der Waals surface area contributed by atoms with Gasteiger partial charge < -0.3 is 5.73 Å². The Balaban J connectivity index is 2.36. The molecule has 8 heteroatoms. The van der Waals surface area contributed by atoms with E-state index in [-0.39, 0.29) is 16.6 Å². The van der Waals surface area contributed by atoms with Gasteiger partial charge in [0.1, 0.15) is 0 Å².